The van der Waals surface area contributed by atoms with E-state index >= 15 is 0 Å². The van der Waals surface area contributed by atoms with Crippen LogP contribution in [0.25, 0.3) is 15.9 Å². The van der Waals surface area contributed by atoms with Crippen LogP contribution in [0.1, 0.15) is 22.5 Å². The summed E-state index contributed by atoms with van der Waals surface area (Å²) >= 11 is 1.41. The summed E-state index contributed by atoms with van der Waals surface area (Å²) in [6.07, 6.45) is 7.35. The lowest BCUT2D eigenvalue weighted by Gasteiger charge is -2.33. The molecule has 4 aromatic rings. The van der Waals surface area contributed by atoms with Crippen LogP contribution < -0.4 is 16.0 Å². The summed E-state index contributed by atoms with van der Waals surface area (Å²) in [4.78, 5) is 20.0. The van der Waals surface area contributed by atoms with Crippen molar-refractivity contribution in [2.45, 2.75) is 18.9 Å². The fraction of sp³-hybridized carbons (Fsp3) is 0.227. The van der Waals surface area contributed by atoms with Crippen LogP contribution in [0.15, 0.2) is 61.1 Å². The Hall–Kier alpha value is -3.23. The highest BCUT2D eigenvalue weighted by molar-refractivity contribution is 7.16. The van der Waals surface area contributed by atoms with Crippen LogP contribution >= 0.6 is 11.3 Å². The summed E-state index contributed by atoms with van der Waals surface area (Å²) in [6, 6.07) is 13.9. The average Bonchev–Trinajstić information content (AvgIpc) is 3.41. The van der Waals surface area contributed by atoms with Crippen molar-refractivity contribution in [3.63, 3.8) is 0 Å². The van der Waals surface area contributed by atoms with Crippen molar-refractivity contribution < 1.29 is 4.79 Å². The van der Waals surface area contributed by atoms with Crippen molar-refractivity contribution in [1.82, 2.24) is 14.8 Å². The summed E-state index contributed by atoms with van der Waals surface area (Å²) < 4.78 is 1.86. The van der Waals surface area contributed by atoms with E-state index in [2.05, 4.69) is 20.3 Å². The molecule has 1 aliphatic rings. The zero-order valence-corrected chi connectivity index (χ0v) is 17.2. The molecule has 1 fully saturated rings. The Kier molecular flexibility index (Phi) is 4.94. The molecule has 30 heavy (non-hydrogen) atoms. The molecule has 0 spiro atoms. The molecule has 5 rings (SSSR count). The fourth-order valence-electron chi connectivity index (χ4n) is 3.88. The highest BCUT2D eigenvalue weighted by Crippen LogP contribution is 2.29. The van der Waals surface area contributed by atoms with Gasteiger partial charge >= 0.3 is 0 Å². The van der Waals surface area contributed by atoms with Crippen LogP contribution in [-0.4, -0.2) is 39.8 Å². The number of para-hydroxylation sites is 1. The van der Waals surface area contributed by atoms with Crippen LogP contribution in [0.3, 0.4) is 0 Å². The molecule has 0 bridgehead atoms. The van der Waals surface area contributed by atoms with Gasteiger partial charge in [-0.15, -0.1) is 11.3 Å². The van der Waals surface area contributed by atoms with E-state index in [1.54, 1.807) is 12.4 Å². The van der Waals surface area contributed by atoms with Gasteiger partial charge < -0.3 is 16.0 Å². The number of hydrogen-bond donors (Lipinski definition) is 2. The van der Waals surface area contributed by atoms with E-state index in [-0.39, 0.29) is 11.9 Å². The van der Waals surface area contributed by atoms with Crippen LogP contribution in [0.2, 0.25) is 0 Å². The molecule has 1 amide bonds. The smallest absolute Gasteiger partial charge is 0.265 e. The van der Waals surface area contributed by atoms with Crippen LogP contribution in [-0.2, 0) is 0 Å². The first-order valence-corrected chi connectivity index (χ1v) is 10.8. The van der Waals surface area contributed by atoms with E-state index in [0.717, 1.165) is 47.5 Å². The van der Waals surface area contributed by atoms with Gasteiger partial charge in [0.25, 0.3) is 5.91 Å². The summed E-state index contributed by atoms with van der Waals surface area (Å²) in [5.74, 6) is -0.154. The topological polar surface area (TPSA) is 89.1 Å². The Balaban J connectivity index is 1.38. The maximum absolute atomic E-state index is 13.0. The predicted octanol–water partition coefficient (Wildman–Crippen LogP) is 3.66. The molecule has 0 aliphatic carbocycles. The molecule has 1 aliphatic heterocycles. The third-order valence-corrected chi connectivity index (χ3v) is 6.41. The minimum atomic E-state index is -0.154. The zero-order chi connectivity index (χ0) is 20.5. The monoisotopic (exact) mass is 418 g/mol. The SMILES string of the molecule is N[C@@H]1CCCN(c2ccncc2NC(=O)c2ccc(-n3ncc4ccccc43)s2)C1. The number of rotatable bonds is 4. The van der Waals surface area contributed by atoms with Gasteiger partial charge in [0.05, 0.1) is 34.2 Å². The summed E-state index contributed by atoms with van der Waals surface area (Å²) in [6.45, 7) is 1.71. The molecule has 7 nitrogen and oxygen atoms in total. The lowest BCUT2D eigenvalue weighted by molar-refractivity contribution is 0.103. The third-order valence-electron chi connectivity index (χ3n) is 5.35. The van der Waals surface area contributed by atoms with E-state index in [0.29, 0.717) is 10.6 Å². The van der Waals surface area contributed by atoms with Crippen molar-refractivity contribution in [2.24, 2.45) is 5.73 Å². The number of anilines is 2. The molecular weight excluding hydrogens is 396 g/mol. The number of piperidine rings is 1. The summed E-state index contributed by atoms with van der Waals surface area (Å²) in [5, 5.41) is 9.47. The van der Waals surface area contributed by atoms with Crippen molar-refractivity contribution in [1.29, 1.82) is 0 Å². The van der Waals surface area contributed by atoms with Gasteiger partial charge in [-0.1, -0.05) is 18.2 Å². The molecule has 152 valence electrons. The lowest BCUT2D eigenvalue weighted by Crippen LogP contribution is -2.43. The number of pyridine rings is 1. The number of aromatic nitrogens is 3. The largest absolute Gasteiger partial charge is 0.368 e. The first kappa shape index (κ1) is 18.8. The number of thiophene rings is 1. The van der Waals surface area contributed by atoms with Gasteiger partial charge in [0.2, 0.25) is 0 Å². The molecule has 1 saturated heterocycles. The highest BCUT2D eigenvalue weighted by Gasteiger charge is 2.21. The maximum Gasteiger partial charge on any atom is 0.265 e. The maximum atomic E-state index is 13.0. The lowest BCUT2D eigenvalue weighted by atomic mass is 10.1. The van der Waals surface area contributed by atoms with E-state index in [1.807, 2.05) is 53.3 Å². The van der Waals surface area contributed by atoms with Crippen molar-refractivity contribution in [3.05, 3.63) is 65.9 Å². The standard InChI is InChI=1S/C22H22N6OS/c23-16-5-3-11-27(14-16)19-9-10-24-13-17(19)26-22(29)20-7-8-21(30-20)28-18-6-2-1-4-15(18)12-25-28/h1-2,4,6-10,12-13,16H,3,5,11,14,23H2,(H,26,29)/t16-/m1/s1. The second-order valence-electron chi connectivity index (χ2n) is 7.45. The van der Waals surface area contributed by atoms with E-state index < -0.39 is 0 Å². The molecule has 4 heterocycles. The molecule has 0 saturated carbocycles. The number of hydrogen-bond acceptors (Lipinski definition) is 6. The molecule has 1 aromatic carbocycles. The van der Waals surface area contributed by atoms with Gasteiger partial charge in [0, 0.05) is 30.7 Å². The number of nitrogens with one attached hydrogen (secondary N) is 1. The van der Waals surface area contributed by atoms with Crippen molar-refractivity contribution in [3.8, 4) is 5.00 Å². The summed E-state index contributed by atoms with van der Waals surface area (Å²) in [5.41, 5.74) is 8.82. The molecule has 3 N–H and O–H groups in total. The molecular formula is C22H22N6OS. The van der Waals surface area contributed by atoms with Crippen LogP contribution in [0.4, 0.5) is 11.4 Å². The molecule has 8 heteroatoms. The minimum Gasteiger partial charge on any atom is -0.368 e. The Labute approximate surface area is 178 Å². The second-order valence-corrected chi connectivity index (χ2v) is 8.51. The van der Waals surface area contributed by atoms with Gasteiger partial charge in [-0.25, -0.2) is 4.68 Å². The number of fused-ring (bicyclic) bond motifs is 1. The first-order chi connectivity index (χ1) is 14.7. The quantitative estimate of drug-likeness (QED) is 0.528. The van der Waals surface area contributed by atoms with E-state index in [1.165, 1.54) is 11.3 Å². The highest BCUT2D eigenvalue weighted by atomic mass is 32.1. The Bertz CT molecular complexity index is 1200. The van der Waals surface area contributed by atoms with Gasteiger partial charge in [0.1, 0.15) is 5.00 Å². The second kappa shape index (κ2) is 7.89. The van der Waals surface area contributed by atoms with E-state index in [9.17, 15) is 4.79 Å². The zero-order valence-electron chi connectivity index (χ0n) is 16.4. The number of carbonyl (C=O) groups is 1. The Morgan fingerprint density at radius 1 is 1.17 bits per heavy atom. The first-order valence-electron chi connectivity index (χ1n) is 9.98. The van der Waals surface area contributed by atoms with Gasteiger partial charge in [-0.2, -0.15) is 5.10 Å². The minimum absolute atomic E-state index is 0.152. The van der Waals surface area contributed by atoms with Crippen LogP contribution in [0, 0.1) is 0 Å². The number of benzene rings is 1. The normalized spacial score (nSPS) is 16.7. The van der Waals surface area contributed by atoms with E-state index in [4.69, 9.17) is 5.73 Å². The molecule has 1 atom stereocenters. The number of nitrogens with zero attached hydrogens (tertiary/aromatic N) is 4. The number of nitrogens with two attached hydrogens (primary N) is 1. The van der Waals surface area contributed by atoms with Gasteiger partial charge in [0.15, 0.2) is 0 Å². The van der Waals surface area contributed by atoms with Crippen molar-refractivity contribution >= 4 is 39.5 Å². The average molecular weight is 419 g/mol. The van der Waals surface area contributed by atoms with Gasteiger partial charge in [-0.3, -0.25) is 9.78 Å². The molecule has 3 aromatic heterocycles. The fourth-order valence-corrected chi connectivity index (χ4v) is 4.76. The predicted molar refractivity (Wildman–Crippen MR) is 121 cm³/mol. The van der Waals surface area contributed by atoms with Crippen molar-refractivity contribution in [2.75, 3.05) is 23.3 Å². The molecule has 0 radical (unpaired) electrons. The molecule has 0 unspecified atom stereocenters. The number of amides is 1. The Morgan fingerprint density at radius 2 is 2.07 bits per heavy atom. The van der Waals surface area contributed by atoms with Crippen LogP contribution in [0.5, 0.6) is 0 Å². The third kappa shape index (κ3) is 3.55. The Morgan fingerprint density at radius 3 is 2.97 bits per heavy atom. The number of carbonyl (C=O) groups excluding carboxylic acids is 1. The van der Waals surface area contributed by atoms with Gasteiger partial charge in [-0.05, 0) is 37.1 Å². The summed E-state index contributed by atoms with van der Waals surface area (Å²) in [7, 11) is 0.